The van der Waals surface area contributed by atoms with E-state index in [1.807, 2.05) is 26.0 Å². The molecule has 3 heterocycles. The van der Waals surface area contributed by atoms with E-state index in [1.54, 1.807) is 11.0 Å². The van der Waals surface area contributed by atoms with Crippen LogP contribution in [0.2, 0.25) is 0 Å². The standard InChI is InChI=1S/C19H23N5O3/c1-11(2)17-22-18(27-23-17)12-4-3-7-24(10-12)19(26)20-14-5-6-15-13(8-14)9-16(25)21-15/h5-6,8,11-12H,3-4,7,9-10H2,1-2H3,(H,20,26)(H,21,25)/t12-/m1/s1. The van der Waals surface area contributed by atoms with Crippen LogP contribution in [0.5, 0.6) is 0 Å². The Morgan fingerprint density at radius 1 is 1.41 bits per heavy atom. The fraction of sp³-hybridized carbons (Fsp3) is 0.474. The maximum atomic E-state index is 12.7. The van der Waals surface area contributed by atoms with Crippen molar-refractivity contribution in [1.29, 1.82) is 0 Å². The van der Waals surface area contributed by atoms with Crippen molar-refractivity contribution in [3.63, 3.8) is 0 Å². The highest BCUT2D eigenvalue weighted by molar-refractivity contribution is 6.00. The van der Waals surface area contributed by atoms with Crippen molar-refractivity contribution in [2.75, 3.05) is 23.7 Å². The van der Waals surface area contributed by atoms with E-state index < -0.39 is 0 Å². The maximum Gasteiger partial charge on any atom is 0.321 e. The molecule has 1 aromatic heterocycles. The molecule has 142 valence electrons. The van der Waals surface area contributed by atoms with Gasteiger partial charge in [-0.25, -0.2) is 4.79 Å². The van der Waals surface area contributed by atoms with Crippen molar-refractivity contribution in [2.24, 2.45) is 0 Å². The zero-order valence-electron chi connectivity index (χ0n) is 15.5. The molecule has 4 rings (SSSR count). The molecule has 0 saturated carbocycles. The van der Waals surface area contributed by atoms with Gasteiger partial charge in [0.15, 0.2) is 5.82 Å². The van der Waals surface area contributed by atoms with Crippen molar-refractivity contribution >= 4 is 23.3 Å². The Morgan fingerprint density at radius 2 is 2.26 bits per heavy atom. The highest BCUT2D eigenvalue weighted by atomic mass is 16.5. The van der Waals surface area contributed by atoms with E-state index in [1.165, 1.54) is 0 Å². The lowest BCUT2D eigenvalue weighted by molar-refractivity contribution is -0.115. The van der Waals surface area contributed by atoms with Gasteiger partial charge in [-0.05, 0) is 36.6 Å². The van der Waals surface area contributed by atoms with Crippen LogP contribution in [0.25, 0.3) is 0 Å². The topological polar surface area (TPSA) is 100 Å². The number of anilines is 2. The first-order chi connectivity index (χ1) is 13.0. The Hall–Kier alpha value is -2.90. The molecule has 0 radical (unpaired) electrons. The van der Waals surface area contributed by atoms with Crippen LogP contribution >= 0.6 is 0 Å². The molecule has 2 aliphatic rings. The zero-order chi connectivity index (χ0) is 19.0. The lowest BCUT2D eigenvalue weighted by Crippen LogP contribution is -2.41. The van der Waals surface area contributed by atoms with E-state index in [4.69, 9.17) is 4.52 Å². The lowest BCUT2D eigenvalue weighted by atomic mass is 9.98. The van der Waals surface area contributed by atoms with Gasteiger partial charge in [0.25, 0.3) is 0 Å². The van der Waals surface area contributed by atoms with Gasteiger partial charge in [0.05, 0.1) is 12.3 Å². The number of likely N-dealkylation sites (tertiary alicyclic amines) is 1. The van der Waals surface area contributed by atoms with Crippen LogP contribution < -0.4 is 10.6 Å². The molecule has 1 atom stereocenters. The number of urea groups is 1. The zero-order valence-corrected chi connectivity index (χ0v) is 15.5. The van der Waals surface area contributed by atoms with E-state index in [2.05, 4.69) is 20.8 Å². The Labute approximate surface area is 157 Å². The third-order valence-corrected chi connectivity index (χ3v) is 5.01. The van der Waals surface area contributed by atoms with Gasteiger partial charge in [0.1, 0.15) is 0 Å². The summed E-state index contributed by atoms with van der Waals surface area (Å²) in [6.45, 7) is 5.29. The SMILES string of the molecule is CC(C)c1noc([C@@H]2CCCN(C(=O)Nc3ccc4c(c3)CC(=O)N4)C2)n1. The molecule has 27 heavy (non-hydrogen) atoms. The van der Waals surface area contributed by atoms with E-state index in [0.29, 0.717) is 36.9 Å². The second-order valence-electron chi connectivity index (χ2n) is 7.46. The van der Waals surface area contributed by atoms with Crippen LogP contribution in [-0.2, 0) is 11.2 Å². The van der Waals surface area contributed by atoms with Crippen LogP contribution in [0.15, 0.2) is 22.7 Å². The number of nitrogens with zero attached hydrogens (tertiary/aromatic N) is 3. The normalized spacial score (nSPS) is 19.1. The molecule has 0 unspecified atom stereocenters. The Kier molecular flexibility index (Phi) is 4.55. The summed E-state index contributed by atoms with van der Waals surface area (Å²) in [5, 5.41) is 9.75. The Morgan fingerprint density at radius 3 is 3.04 bits per heavy atom. The number of rotatable bonds is 3. The molecule has 2 aromatic rings. The fourth-order valence-electron chi connectivity index (χ4n) is 3.52. The molecule has 8 nitrogen and oxygen atoms in total. The minimum Gasteiger partial charge on any atom is -0.339 e. The Bertz CT molecular complexity index is 876. The van der Waals surface area contributed by atoms with Gasteiger partial charge in [0, 0.05) is 30.4 Å². The van der Waals surface area contributed by atoms with E-state index in [9.17, 15) is 9.59 Å². The average Bonchev–Trinajstić information content (AvgIpc) is 3.27. The summed E-state index contributed by atoms with van der Waals surface area (Å²) in [7, 11) is 0. The number of hydrogen-bond donors (Lipinski definition) is 2. The molecule has 1 saturated heterocycles. The fourth-order valence-corrected chi connectivity index (χ4v) is 3.52. The number of piperidine rings is 1. The van der Waals surface area contributed by atoms with Gasteiger partial charge in [-0.2, -0.15) is 4.98 Å². The average molecular weight is 369 g/mol. The summed E-state index contributed by atoms with van der Waals surface area (Å²) in [6.07, 6.45) is 2.16. The predicted molar refractivity (Wildman–Crippen MR) is 99.7 cm³/mol. The molecule has 2 aliphatic heterocycles. The number of amides is 3. The first kappa shape index (κ1) is 17.5. The number of hydrogen-bond acceptors (Lipinski definition) is 5. The molecule has 2 N–H and O–H groups in total. The van der Waals surface area contributed by atoms with Crippen LogP contribution in [-0.4, -0.2) is 40.1 Å². The monoisotopic (exact) mass is 369 g/mol. The molecule has 8 heteroatoms. The van der Waals surface area contributed by atoms with Gasteiger partial charge >= 0.3 is 6.03 Å². The molecule has 3 amide bonds. The summed E-state index contributed by atoms with van der Waals surface area (Å²) in [5.74, 6) is 1.57. The van der Waals surface area contributed by atoms with Gasteiger partial charge in [0.2, 0.25) is 11.8 Å². The third-order valence-electron chi connectivity index (χ3n) is 5.01. The number of aromatic nitrogens is 2. The second-order valence-corrected chi connectivity index (χ2v) is 7.46. The van der Waals surface area contributed by atoms with E-state index in [0.717, 1.165) is 24.1 Å². The summed E-state index contributed by atoms with van der Waals surface area (Å²) in [4.78, 5) is 30.4. The number of benzene rings is 1. The minimum atomic E-state index is -0.152. The van der Waals surface area contributed by atoms with Crippen molar-refractivity contribution in [2.45, 2.75) is 44.9 Å². The van der Waals surface area contributed by atoms with Crippen LogP contribution in [0.4, 0.5) is 16.2 Å². The molecule has 0 bridgehead atoms. The summed E-state index contributed by atoms with van der Waals surface area (Å²) in [5.41, 5.74) is 2.41. The number of fused-ring (bicyclic) bond motifs is 1. The predicted octanol–water partition coefficient (Wildman–Crippen LogP) is 3.10. The van der Waals surface area contributed by atoms with Crippen LogP contribution in [0, 0.1) is 0 Å². The largest absolute Gasteiger partial charge is 0.339 e. The van der Waals surface area contributed by atoms with Crippen molar-refractivity contribution in [3.05, 3.63) is 35.5 Å². The number of nitrogens with one attached hydrogen (secondary N) is 2. The summed E-state index contributed by atoms with van der Waals surface area (Å²) in [6, 6.07) is 5.32. The molecule has 1 fully saturated rings. The van der Waals surface area contributed by atoms with E-state index >= 15 is 0 Å². The van der Waals surface area contributed by atoms with Crippen molar-refractivity contribution in [3.8, 4) is 0 Å². The van der Waals surface area contributed by atoms with Crippen molar-refractivity contribution in [1.82, 2.24) is 15.0 Å². The quantitative estimate of drug-likeness (QED) is 0.866. The third kappa shape index (κ3) is 3.65. The van der Waals surface area contributed by atoms with Gasteiger partial charge in [-0.15, -0.1) is 0 Å². The summed E-state index contributed by atoms with van der Waals surface area (Å²) >= 11 is 0. The number of carbonyl (C=O) groups is 2. The minimum absolute atomic E-state index is 0.0207. The molecule has 1 aromatic carbocycles. The summed E-state index contributed by atoms with van der Waals surface area (Å²) < 4.78 is 5.41. The highest BCUT2D eigenvalue weighted by Crippen LogP contribution is 2.29. The molecular formula is C19H23N5O3. The highest BCUT2D eigenvalue weighted by Gasteiger charge is 2.29. The van der Waals surface area contributed by atoms with Crippen LogP contribution in [0.3, 0.4) is 0 Å². The number of carbonyl (C=O) groups excluding carboxylic acids is 2. The molecule has 0 spiro atoms. The van der Waals surface area contributed by atoms with Gasteiger partial charge < -0.3 is 20.1 Å². The molecular weight excluding hydrogens is 346 g/mol. The first-order valence-corrected chi connectivity index (χ1v) is 9.32. The Balaban J connectivity index is 1.41. The first-order valence-electron chi connectivity index (χ1n) is 9.32. The van der Waals surface area contributed by atoms with Gasteiger partial charge in [-0.3, -0.25) is 4.79 Å². The lowest BCUT2D eigenvalue weighted by Gasteiger charge is -2.31. The second kappa shape index (κ2) is 7.02. The van der Waals surface area contributed by atoms with Crippen LogP contribution in [0.1, 0.15) is 55.8 Å². The van der Waals surface area contributed by atoms with Crippen molar-refractivity contribution < 1.29 is 14.1 Å². The molecule has 0 aliphatic carbocycles. The van der Waals surface area contributed by atoms with E-state index in [-0.39, 0.29) is 23.8 Å². The maximum absolute atomic E-state index is 12.7. The van der Waals surface area contributed by atoms with Gasteiger partial charge in [-0.1, -0.05) is 19.0 Å². The smallest absolute Gasteiger partial charge is 0.321 e.